The van der Waals surface area contributed by atoms with Gasteiger partial charge in [-0.2, -0.15) is 10.1 Å². The second kappa shape index (κ2) is 8.19. The summed E-state index contributed by atoms with van der Waals surface area (Å²) in [5.41, 5.74) is 2.81. The number of fused-ring (bicyclic) bond motifs is 3. The van der Waals surface area contributed by atoms with E-state index in [-0.39, 0.29) is 18.3 Å². The molecule has 0 saturated carbocycles. The third-order valence-corrected chi connectivity index (χ3v) is 5.35. The van der Waals surface area contributed by atoms with Gasteiger partial charge in [0, 0.05) is 17.7 Å². The lowest BCUT2D eigenvalue weighted by Gasteiger charge is -2.07. The number of aromatic nitrogens is 4. The van der Waals surface area contributed by atoms with Gasteiger partial charge in [-0.05, 0) is 60.2 Å². The summed E-state index contributed by atoms with van der Waals surface area (Å²) in [6.07, 6.45) is 0. The fourth-order valence-corrected chi connectivity index (χ4v) is 3.60. The second-order valence-electron chi connectivity index (χ2n) is 7.41. The van der Waals surface area contributed by atoms with E-state index >= 15 is 0 Å². The van der Waals surface area contributed by atoms with Crippen LogP contribution in [0.25, 0.3) is 27.8 Å². The summed E-state index contributed by atoms with van der Waals surface area (Å²) in [6.45, 7) is 0.245. The quantitative estimate of drug-likeness (QED) is 0.434. The minimum atomic E-state index is -0.417. The number of benzene rings is 3. The number of methoxy groups -OCH3 is 1. The Kier molecular flexibility index (Phi) is 5.06. The molecule has 8 nitrogen and oxygen atoms in total. The van der Waals surface area contributed by atoms with Crippen molar-refractivity contribution in [1.29, 1.82) is 0 Å². The highest BCUT2D eigenvalue weighted by molar-refractivity contribution is 5.98. The van der Waals surface area contributed by atoms with E-state index < -0.39 is 5.56 Å². The van der Waals surface area contributed by atoms with Crippen LogP contribution in [0.3, 0.4) is 0 Å². The SMILES string of the molecule is COc1ccc(-c2n[nH]n3c2nc(=O)c2ccc(C(=O)NCc4ccc(F)cc4)cc23)cc1. The van der Waals surface area contributed by atoms with E-state index in [1.807, 2.05) is 12.1 Å². The zero-order chi connectivity index (χ0) is 22.9. The van der Waals surface area contributed by atoms with E-state index in [1.54, 1.807) is 54.1 Å². The summed E-state index contributed by atoms with van der Waals surface area (Å²) in [7, 11) is 1.58. The van der Waals surface area contributed by atoms with Crippen molar-refractivity contribution in [2.24, 2.45) is 0 Å². The van der Waals surface area contributed by atoms with Gasteiger partial charge in [0.05, 0.1) is 18.0 Å². The number of carbonyl (C=O) groups excluding carboxylic acids is 1. The minimum absolute atomic E-state index is 0.245. The highest BCUT2D eigenvalue weighted by Crippen LogP contribution is 2.24. The average molecular weight is 443 g/mol. The first kappa shape index (κ1) is 20.4. The summed E-state index contributed by atoms with van der Waals surface area (Å²) in [5, 5.41) is 10.4. The minimum Gasteiger partial charge on any atom is -0.497 e. The van der Waals surface area contributed by atoms with Crippen molar-refractivity contribution in [3.05, 3.63) is 94.0 Å². The molecule has 0 unspecified atom stereocenters. The van der Waals surface area contributed by atoms with E-state index in [1.165, 1.54) is 12.1 Å². The molecule has 33 heavy (non-hydrogen) atoms. The van der Waals surface area contributed by atoms with Gasteiger partial charge in [0.15, 0.2) is 5.65 Å². The van der Waals surface area contributed by atoms with Gasteiger partial charge in [-0.3, -0.25) is 9.59 Å². The van der Waals surface area contributed by atoms with Crippen LogP contribution in [-0.2, 0) is 6.54 Å². The zero-order valence-corrected chi connectivity index (χ0v) is 17.5. The Morgan fingerprint density at radius 3 is 2.58 bits per heavy atom. The summed E-state index contributed by atoms with van der Waals surface area (Å²) < 4.78 is 19.8. The molecule has 2 heterocycles. The van der Waals surface area contributed by atoms with Crippen LogP contribution in [-0.4, -0.2) is 32.8 Å². The van der Waals surface area contributed by atoms with Gasteiger partial charge >= 0.3 is 0 Å². The topological polar surface area (TPSA) is 101 Å². The van der Waals surface area contributed by atoms with E-state index in [0.29, 0.717) is 33.6 Å². The molecule has 2 N–H and O–H groups in total. The number of nitrogens with one attached hydrogen (secondary N) is 2. The van der Waals surface area contributed by atoms with Gasteiger partial charge in [-0.25, -0.2) is 14.1 Å². The van der Waals surface area contributed by atoms with Gasteiger partial charge in [0.1, 0.15) is 17.3 Å². The monoisotopic (exact) mass is 443 g/mol. The average Bonchev–Trinajstić information content (AvgIpc) is 3.27. The smallest absolute Gasteiger partial charge is 0.281 e. The highest BCUT2D eigenvalue weighted by atomic mass is 19.1. The molecule has 0 saturated heterocycles. The highest BCUT2D eigenvalue weighted by Gasteiger charge is 2.16. The molecule has 0 spiro atoms. The summed E-state index contributed by atoms with van der Waals surface area (Å²) in [4.78, 5) is 29.6. The molecule has 1 amide bonds. The number of nitrogens with zero attached hydrogens (tertiary/aromatic N) is 3. The van der Waals surface area contributed by atoms with Crippen LogP contribution in [0.2, 0.25) is 0 Å². The number of H-pyrrole nitrogens is 1. The van der Waals surface area contributed by atoms with Crippen molar-refractivity contribution >= 4 is 22.5 Å². The van der Waals surface area contributed by atoms with E-state index in [9.17, 15) is 14.0 Å². The Balaban J connectivity index is 1.51. The first-order valence-electron chi connectivity index (χ1n) is 10.1. The predicted octanol–water partition coefficient (Wildman–Crippen LogP) is 3.32. The van der Waals surface area contributed by atoms with Crippen LogP contribution in [0.4, 0.5) is 4.39 Å². The maximum absolute atomic E-state index is 13.1. The predicted molar refractivity (Wildman–Crippen MR) is 121 cm³/mol. The van der Waals surface area contributed by atoms with Crippen LogP contribution < -0.4 is 15.6 Å². The number of ether oxygens (including phenoxy) is 1. The van der Waals surface area contributed by atoms with Crippen LogP contribution in [0, 0.1) is 5.82 Å². The maximum Gasteiger partial charge on any atom is 0.281 e. The van der Waals surface area contributed by atoms with Gasteiger partial charge in [-0.15, -0.1) is 0 Å². The maximum atomic E-state index is 13.1. The van der Waals surface area contributed by atoms with Gasteiger partial charge in [0.2, 0.25) is 0 Å². The molecule has 0 aliphatic carbocycles. The molecule has 164 valence electrons. The Morgan fingerprint density at radius 1 is 1.09 bits per heavy atom. The van der Waals surface area contributed by atoms with Gasteiger partial charge < -0.3 is 10.1 Å². The molecule has 3 aromatic carbocycles. The van der Waals surface area contributed by atoms with Crippen LogP contribution >= 0.6 is 0 Å². The van der Waals surface area contributed by atoms with Crippen molar-refractivity contribution in [3.8, 4) is 17.0 Å². The molecule has 5 rings (SSSR count). The third-order valence-electron chi connectivity index (χ3n) is 5.35. The molecule has 9 heteroatoms. The standard InChI is InChI=1S/C24H18FN5O3/c1-33-18-9-4-15(5-10-18)21-22-27-24(32)19-11-6-16(12-20(19)30(22)29-28-21)23(31)26-13-14-2-7-17(25)8-3-14/h2-12,29H,13H2,1H3,(H,26,31). The number of rotatable bonds is 5. The molecule has 0 aliphatic rings. The molecule has 0 atom stereocenters. The van der Waals surface area contributed by atoms with Crippen LogP contribution in [0.1, 0.15) is 15.9 Å². The fourth-order valence-electron chi connectivity index (χ4n) is 3.60. The second-order valence-corrected chi connectivity index (χ2v) is 7.41. The van der Waals surface area contributed by atoms with Crippen molar-refractivity contribution in [1.82, 2.24) is 25.1 Å². The molecule has 0 bridgehead atoms. The molecule has 0 fully saturated rings. The van der Waals surface area contributed by atoms with Gasteiger partial charge in [0.25, 0.3) is 11.5 Å². The van der Waals surface area contributed by atoms with Crippen molar-refractivity contribution in [2.75, 3.05) is 7.11 Å². The Morgan fingerprint density at radius 2 is 1.85 bits per heavy atom. The van der Waals surface area contributed by atoms with Crippen molar-refractivity contribution in [2.45, 2.75) is 6.54 Å². The fraction of sp³-hybridized carbons (Fsp3) is 0.0833. The number of hydrogen-bond acceptors (Lipinski definition) is 5. The zero-order valence-electron chi connectivity index (χ0n) is 17.5. The third kappa shape index (κ3) is 3.80. The van der Waals surface area contributed by atoms with Crippen molar-refractivity contribution < 1.29 is 13.9 Å². The normalized spacial score (nSPS) is 11.1. The lowest BCUT2D eigenvalue weighted by atomic mass is 10.1. The van der Waals surface area contributed by atoms with Crippen LogP contribution in [0.15, 0.2) is 71.5 Å². The molecule has 2 aromatic heterocycles. The molecule has 0 aliphatic heterocycles. The van der Waals surface area contributed by atoms with Crippen molar-refractivity contribution in [3.63, 3.8) is 0 Å². The number of hydrogen-bond donors (Lipinski definition) is 2. The summed E-state index contributed by atoms with van der Waals surface area (Å²) >= 11 is 0. The Bertz CT molecular complexity index is 1540. The van der Waals surface area contributed by atoms with Crippen LogP contribution in [0.5, 0.6) is 5.75 Å². The Hall–Kier alpha value is -4.53. The molecular formula is C24H18FN5O3. The number of carbonyl (C=O) groups is 1. The largest absolute Gasteiger partial charge is 0.497 e. The summed E-state index contributed by atoms with van der Waals surface area (Å²) in [5.74, 6) is 0.0378. The lowest BCUT2D eigenvalue weighted by molar-refractivity contribution is 0.0951. The number of amides is 1. The number of halogens is 1. The first-order valence-corrected chi connectivity index (χ1v) is 10.1. The Labute approximate surface area is 186 Å². The van der Waals surface area contributed by atoms with E-state index in [2.05, 4.69) is 20.6 Å². The number of aromatic amines is 1. The lowest BCUT2D eigenvalue weighted by Crippen LogP contribution is -2.23. The molecular weight excluding hydrogens is 425 g/mol. The molecule has 0 radical (unpaired) electrons. The molecule has 5 aromatic rings. The first-order chi connectivity index (χ1) is 16.0. The van der Waals surface area contributed by atoms with Gasteiger partial charge in [-0.1, -0.05) is 12.1 Å². The summed E-state index contributed by atoms with van der Waals surface area (Å²) in [6, 6.07) is 17.9. The van der Waals surface area contributed by atoms with E-state index in [4.69, 9.17) is 4.74 Å². The van der Waals surface area contributed by atoms with E-state index in [0.717, 1.165) is 11.1 Å².